The fraction of sp³-hybridized carbons (Fsp3) is 0.286. The summed E-state index contributed by atoms with van der Waals surface area (Å²) >= 11 is 1.83. The van der Waals surface area contributed by atoms with Crippen molar-refractivity contribution in [1.29, 1.82) is 0 Å². The number of fused-ring (bicyclic) bond motifs is 1. The first-order valence-electron chi connectivity index (χ1n) is 3.28. The molecule has 1 aromatic rings. The van der Waals surface area contributed by atoms with Crippen molar-refractivity contribution in [3.8, 4) is 0 Å². The van der Waals surface area contributed by atoms with Gasteiger partial charge in [0.15, 0.2) is 12.7 Å². The molecule has 2 N–H and O–H groups in total. The van der Waals surface area contributed by atoms with Crippen molar-refractivity contribution in [1.82, 2.24) is 0 Å². The van der Waals surface area contributed by atoms with E-state index in [1.165, 1.54) is 5.03 Å². The summed E-state index contributed by atoms with van der Waals surface area (Å²) in [6.45, 7) is 1.10. The number of rotatable bonds is 0. The molecule has 0 spiro atoms. The molecule has 0 fully saturated rings. The Hall–Kier alpha value is -0.410. The van der Waals surface area contributed by atoms with Gasteiger partial charge in [-0.05, 0) is 17.8 Å². The zero-order valence-corrected chi connectivity index (χ0v) is 7.53. The Morgan fingerprint density at radius 1 is 1.55 bits per heavy atom. The van der Waals surface area contributed by atoms with E-state index in [0.717, 1.165) is 18.0 Å². The number of hydrogen-bond acceptors (Lipinski definition) is 2. The molecule has 0 amide bonds. The molecule has 0 aromatic carbocycles. The minimum Gasteiger partial charge on any atom is -1.00 e. The van der Waals surface area contributed by atoms with Crippen LogP contribution in [0.3, 0.4) is 0 Å². The normalized spacial score (nSPS) is 13.8. The largest absolute Gasteiger partial charge is 1.00 e. The van der Waals surface area contributed by atoms with Gasteiger partial charge >= 0.3 is 0 Å². The van der Waals surface area contributed by atoms with Crippen LogP contribution in [-0.4, -0.2) is 5.75 Å². The number of thioether (sulfide) groups is 1. The Morgan fingerprint density at radius 3 is 3.09 bits per heavy atom. The minimum atomic E-state index is 0. The summed E-state index contributed by atoms with van der Waals surface area (Å²) in [5.41, 5.74) is 6.64. The SMILES string of the molecule is Nc1ccc[n+]2c1SCC2.[Cl-]. The number of hydrogen-bond donors (Lipinski definition) is 1. The first-order chi connectivity index (χ1) is 4.88. The number of nitrogen functional groups attached to an aromatic ring is 1. The molecular formula is C7H9ClN2S. The Balaban J connectivity index is 0.000000605. The average Bonchev–Trinajstić information content (AvgIpc) is 2.36. The molecule has 2 heterocycles. The summed E-state index contributed by atoms with van der Waals surface area (Å²) in [6.07, 6.45) is 2.08. The quantitative estimate of drug-likeness (QED) is 0.463. The lowest BCUT2D eigenvalue weighted by Gasteiger charge is -1.92. The number of anilines is 1. The molecule has 2 rings (SSSR count). The molecule has 1 aromatic heterocycles. The predicted octanol–water partition coefficient (Wildman–Crippen LogP) is -2.33. The third-order valence-corrected chi connectivity index (χ3v) is 2.75. The average molecular weight is 189 g/mol. The molecule has 0 aliphatic carbocycles. The van der Waals surface area contributed by atoms with Gasteiger partial charge in [0.25, 0.3) is 5.03 Å². The molecule has 0 saturated carbocycles. The first kappa shape index (κ1) is 8.68. The molecule has 0 bridgehead atoms. The van der Waals surface area contributed by atoms with Crippen molar-refractivity contribution in [2.24, 2.45) is 0 Å². The van der Waals surface area contributed by atoms with Crippen LogP contribution in [0.5, 0.6) is 0 Å². The second-order valence-electron chi connectivity index (χ2n) is 2.31. The van der Waals surface area contributed by atoms with E-state index in [0.29, 0.717) is 0 Å². The molecule has 0 saturated heterocycles. The zero-order valence-electron chi connectivity index (χ0n) is 5.96. The van der Waals surface area contributed by atoms with E-state index in [1.807, 2.05) is 23.9 Å². The van der Waals surface area contributed by atoms with Gasteiger partial charge in [-0.3, -0.25) is 0 Å². The lowest BCUT2D eigenvalue weighted by Crippen LogP contribution is -3.00. The highest BCUT2D eigenvalue weighted by Crippen LogP contribution is 2.23. The zero-order chi connectivity index (χ0) is 6.97. The Kier molecular flexibility index (Phi) is 2.62. The van der Waals surface area contributed by atoms with E-state index >= 15 is 0 Å². The predicted molar refractivity (Wildman–Crippen MR) is 41.8 cm³/mol. The van der Waals surface area contributed by atoms with Gasteiger partial charge in [-0.1, -0.05) is 0 Å². The van der Waals surface area contributed by atoms with Crippen LogP contribution in [0, 0.1) is 0 Å². The molecule has 4 heteroatoms. The van der Waals surface area contributed by atoms with Crippen molar-refractivity contribution >= 4 is 17.4 Å². The summed E-state index contributed by atoms with van der Waals surface area (Å²) in [4.78, 5) is 0. The maximum absolute atomic E-state index is 5.73. The molecule has 2 nitrogen and oxygen atoms in total. The summed E-state index contributed by atoms with van der Waals surface area (Å²) in [5, 5.41) is 1.22. The second kappa shape index (κ2) is 3.32. The molecule has 1 aliphatic rings. The van der Waals surface area contributed by atoms with Gasteiger partial charge in [0.2, 0.25) is 0 Å². The van der Waals surface area contributed by atoms with Crippen LogP contribution in [0.1, 0.15) is 0 Å². The molecule has 11 heavy (non-hydrogen) atoms. The standard InChI is InChI=1S/C7H9N2S.ClH/c8-6-2-1-3-9-4-5-10-7(6)9;/h1-3H,4-5,8H2;1H/q+1;/p-1. The van der Waals surface area contributed by atoms with Crippen molar-refractivity contribution in [2.45, 2.75) is 11.6 Å². The number of nitrogens with zero attached hydrogens (tertiary/aromatic N) is 1. The smallest absolute Gasteiger partial charge is 0.263 e. The van der Waals surface area contributed by atoms with Gasteiger partial charge < -0.3 is 18.1 Å². The van der Waals surface area contributed by atoms with Crippen LogP contribution in [0.2, 0.25) is 0 Å². The lowest BCUT2D eigenvalue weighted by molar-refractivity contribution is -0.722. The summed E-state index contributed by atoms with van der Waals surface area (Å²) < 4.78 is 2.19. The lowest BCUT2D eigenvalue weighted by atomic mass is 10.4. The maximum atomic E-state index is 5.73. The molecule has 60 valence electrons. The van der Waals surface area contributed by atoms with Crippen LogP contribution < -0.4 is 22.7 Å². The van der Waals surface area contributed by atoms with Gasteiger partial charge in [0, 0.05) is 6.07 Å². The van der Waals surface area contributed by atoms with Crippen LogP contribution in [0.15, 0.2) is 23.4 Å². The summed E-state index contributed by atoms with van der Waals surface area (Å²) in [7, 11) is 0. The fourth-order valence-corrected chi connectivity index (χ4v) is 2.17. The molecule has 0 unspecified atom stereocenters. The number of halogens is 1. The highest BCUT2D eigenvalue weighted by atomic mass is 35.5. The van der Waals surface area contributed by atoms with Gasteiger partial charge in [0.1, 0.15) is 5.69 Å². The van der Waals surface area contributed by atoms with Crippen LogP contribution in [0.4, 0.5) is 5.69 Å². The van der Waals surface area contributed by atoms with Gasteiger partial charge in [-0.15, -0.1) is 0 Å². The van der Waals surface area contributed by atoms with Crippen LogP contribution in [0.25, 0.3) is 0 Å². The Labute approximate surface area is 76.2 Å². The molecule has 0 atom stereocenters. The number of pyridine rings is 1. The van der Waals surface area contributed by atoms with E-state index in [9.17, 15) is 0 Å². The highest BCUT2D eigenvalue weighted by molar-refractivity contribution is 7.99. The van der Waals surface area contributed by atoms with Crippen LogP contribution >= 0.6 is 11.8 Å². The van der Waals surface area contributed by atoms with Crippen molar-refractivity contribution in [3.63, 3.8) is 0 Å². The fourth-order valence-electron chi connectivity index (χ4n) is 1.14. The van der Waals surface area contributed by atoms with Crippen molar-refractivity contribution in [2.75, 3.05) is 11.5 Å². The van der Waals surface area contributed by atoms with E-state index in [-0.39, 0.29) is 12.4 Å². The van der Waals surface area contributed by atoms with Gasteiger partial charge in [-0.25, -0.2) is 0 Å². The minimum absolute atomic E-state index is 0. The molecule has 1 aliphatic heterocycles. The Morgan fingerprint density at radius 2 is 2.36 bits per heavy atom. The number of aryl methyl sites for hydroxylation is 1. The van der Waals surface area contributed by atoms with Gasteiger partial charge in [-0.2, -0.15) is 4.57 Å². The molecule has 0 radical (unpaired) electrons. The maximum Gasteiger partial charge on any atom is 0.263 e. The second-order valence-corrected chi connectivity index (χ2v) is 3.39. The number of aromatic nitrogens is 1. The monoisotopic (exact) mass is 188 g/mol. The van der Waals surface area contributed by atoms with E-state index in [4.69, 9.17) is 5.73 Å². The van der Waals surface area contributed by atoms with Gasteiger partial charge in [0.05, 0.1) is 5.75 Å². The number of nitrogens with two attached hydrogens (primary N) is 1. The van der Waals surface area contributed by atoms with Crippen molar-refractivity contribution in [3.05, 3.63) is 18.3 Å². The summed E-state index contributed by atoms with van der Waals surface area (Å²) in [5.74, 6) is 1.16. The summed E-state index contributed by atoms with van der Waals surface area (Å²) in [6, 6.07) is 3.94. The van der Waals surface area contributed by atoms with Crippen LogP contribution in [-0.2, 0) is 6.54 Å². The van der Waals surface area contributed by atoms with E-state index in [1.54, 1.807) is 0 Å². The molecular weight excluding hydrogens is 180 g/mol. The third kappa shape index (κ3) is 1.44. The van der Waals surface area contributed by atoms with E-state index in [2.05, 4.69) is 10.8 Å². The first-order valence-corrected chi connectivity index (χ1v) is 4.27. The highest BCUT2D eigenvalue weighted by Gasteiger charge is 2.20. The van der Waals surface area contributed by atoms with E-state index < -0.39 is 0 Å². The third-order valence-electron chi connectivity index (χ3n) is 1.62. The topological polar surface area (TPSA) is 29.9 Å². The van der Waals surface area contributed by atoms with Crippen molar-refractivity contribution < 1.29 is 17.0 Å². The Bertz CT molecular complexity index is 265.